The first kappa shape index (κ1) is 12.8. The third-order valence-electron chi connectivity index (χ3n) is 1.97. The van der Waals surface area contributed by atoms with E-state index in [2.05, 4.69) is 21.2 Å². The van der Waals surface area contributed by atoms with Crippen molar-refractivity contribution in [3.05, 3.63) is 0 Å². The Morgan fingerprint density at radius 1 is 1.54 bits per heavy atom. The minimum atomic E-state index is -0.936. The van der Waals surface area contributed by atoms with Crippen molar-refractivity contribution in [2.45, 2.75) is 39.7 Å². The molecule has 78 valence electrons. The molecule has 0 saturated carbocycles. The van der Waals surface area contributed by atoms with Gasteiger partial charge in [0, 0.05) is 11.4 Å². The van der Waals surface area contributed by atoms with E-state index in [-0.39, 0.29) is 11.5 Å². The van der Waals surface area contributed by atoms with Gasteiger partial charge >= 0.3 is 6.09 Å². The second kappa shape index (κ2) is 5.47. The van der Waals surface area contributed by atoms with E-state index < -0.39 is 6.09 Å². The molecular weight excluding hydrogens is 234 g/mol. The van der Waals surface area contributed by atoms with Gasteiger partial charge in [-0.2, -0.15) is 0 Å². The fourth-order valence-corrected chi connectivity index (χ4v) is 1.48. The zero-order chi connectivity index (χ0) is 10.5. The topological polar surface area (TPSA) is 49.3 Å². The molecule has 4 heteroatoms. The lowest BCUT2D eigenvalue weighted by molar-refractivity contribution is 0.172. The van der Waals surface area contributed by atoms with Crippen molar-refractivity contribution >= 4 is 22.0 Å². The Morgan fingerprint density at radius 3 is 2.38 bits per heavy atom. The van der Waals surface area contributed by atoms with Crippen molar-refractivity contribution in [3.63, 3.8) is 0 Å². The minimum Gasteiger partial charge on any atom is -0.465 e. The van der Waals surface area contributed by atoms with Crippen LogP contribution in [0.1, 0.15) is 33.6 Å². The number of halogens is 1. The van der Waals surface area contributed by atoms with Gasteiger partial charge in [0.1, 0.15) is 0 Å². The first-order valence-electron chi connectivity index (χ1n) is 4.43. The van der Waals surface area contributed by atoms with Crippen molar-refractivity contribution < 1.29 is 9.90 Å². The quantitative estimate of drug-likeness (QED) is 0.756. The van der Waals surface area contributed by atoms with E-state index in [1.807, 2.05) is 20.8 Å². The molecule has 0 aliphatic carbocycles. The van der Waals surface area contributed by atoms with E-state index in [1.54, 1.807) is 0 Å². The molecule has 0 aliphatic rings. The first-order valence-corrected chi connectivity index (χ1v) is 5.55. The summed E-state index contributed by atoms with van der Waals surface area (Å²) in [7, 11) is 0. The molecule has 0 aliphatic heterocycles. The number of rotatable bonds is 4. The van der Waals surface area contributed by atoms with Gasteiger partial charge in [-0.15, -0.1) is 0 Å². The maximum Gasteiger partial charge on any atom is 0.404 e. The highest BCUT2D eigenvalue weighted by Crippen LogP contribution is 2.23. The maximum absolute atomic E-state index is 10.5. The summed E-state index contributed by atoms with van der Waals surface area (Å²) in [6.07, 6.45) is 0.929. The van der Waals surface area contributed by atoms with Gasteiger partial charge in [-0.05, 0) is 18.3 Å². The van der Waals surface area contributed by atoms with Gasteiger partial charge in [-0.25, -0.2) is 4.79 Å². The van der Waals surface area contributed by atoms with E-state index in [9.17, 15) is 4.79 Å². The number of amides is 1. The Hall–Kier alpha value is -0.250. The lowest BCUT2D eigenvalue weighted by Gasteiger charge is -2.30. The molecule has 0 fully saturated rings. The molecule has 13 heavy (non-hydrogen) atoms. The van der Waals surface area contributed by atoms with Gasteiger partial charge in [-0.3, -0.25) is 0 Å². The summed E-state index contributed by atoms with van der Waals surface area (Å²) in [4.78, 5) is 10.5. The van der Waals surface area contributed by atoms with Crippen LogP contribution >= 0.6 is 15.9 Å². The highest BCUT2D eigenvalue weighted by atomic mass is 79.9. The fraction of sp³-hybridized carbons (Fsp3) is 0.889. The van der Waals surface area contributed by atoms with Crippen LogP contribution in [0.3, 0.4) is 0 Å². The number of alkyl halides is 1. The Morgan fingerprint density at radius 2 is 2.08 bits per heavy atom. The van der Waals surface area contributed by atoms with Crippen LogP contribution in [0.2, 0.25) is 0 Å². The van der Waals surface area contributed by atoms with Crippen LogP contribution in [-0.2, 0) is 0 Å². The Balaban J connectivity index is 4.11. The van der Waals surface area contributed by atoms with Gasteiger partial charge in [-0.1, -0.05) is 36.7 Å². The van der Waals surface area contributed by atoms with Gasteiger partial charge in [0.25, 0.3) is 0 Å². The first-order chi connectivity index (χ1) is 5.88. The molecule has 1 atom stereocenters. The van der Waals surface area contributed by atoms with Crippen LogP contribution < -0.4 is 5.32 Å². The molecule has 0 rings (SSSR count). The summed E-state index contributed by atoms with van der Waals surface area (Å²) in [6, 6.07) is 0.0301. The average Bonchev–Trinajstić information content (AvgIpc) is 1.95. The van der Waals surface area contributed by atoms with Crippen molar-refractivity contribution in [1.29, 1.82) is 0 Å². The van der Waals surface area contributed by atoms with Crippen LogP contribution in [0.25, 0.3) is 0 Å². The molecule has 3 nitrogen and oxygen atoms in total. The second-order valence-corrected chi connectivity index (χ2v) is 4.99. The monoisotopic (exact) mass is 251 g/mol. The molecule has 0 bridgehead atoms. The summed E-state index contributed by atoms with van der Waals surface area (Å²) in [5, 5.41) is 12.1. The SMILES string of the molecule is CC(C)(C)C(CCCBr)NC(=O)O. The van der Waals surface area contributed by atoms with E-state index in [4.69, 9.17) is 5.11 Å². The third kappa shape index (κ3) is 5.91. The molecular formula is C9H18BrNO2. The van der Waals surface area contributed by atoms with Gasteiger partial charge in [0.05, 0.1) is 0 Å². The molecule has 0 saturated heterocycles. The Kier molecular flexibility index (Phi) is 5.37. The fourth-order valence-electron chi connectivity index (χ4n) is 1.15. The summed E-state index contributed by atoms with van der Waals surface area (Å²) in [5.41, 5.74) is -0.0133. The van der Waals surface area contributed by atoms with Gasteiger partial charge in [0.15, 0.2) is 0 Å². The van der Waals surface area contributed by atoms with E-state index in [1.165, 1.54) is 0 Å². The van der Waals surface area contributed by atoms with E-state index in [0.29, 0.717) is 0 Å². The van der Waals surface area contributed by atoms with E-state index in [0.717, 1.165) is 18.2 Å². The van der Waals surface area contributed by atoms with Crippen molar-refractivity contribution in [2.75, 3.05) is 5.33 Å². The number of hydrogen-bond donors (Lipinski definition) is 2. The molecule has 0 spiro atoms. The van der Waals surface area contributed by atoms with Crippen LogP contribution in [0.4, 0.5) is 4.79 Å². The van der Waals surface area contributed by atoms with Crippen LogP contribution in [0.5, 0.6) is 0 Å². The van der Waals surface area contributed by atoms with Crippen molar-refractivity contribution in [2.24, 2.45) is 5.41 Å². The van der Waals surface area contributed by atoms with Gasteiger partial charge in [0.2, 0.25) is 0 Å². The molecule has 0 radical (unpaired) electrons. The Bertz CT molecular complexity index is 165. The average molecular weight is 252 g/mol. The summed E-state index contributed by atoms with van der Waals surface area (Å²) >= 11 is 3.34. The van der Waals surface area contributed by atoms with Gasteiger partial charge < -0.3 is 10.4 Å². The molecule has 0 aromatic carbocycles. The second-order valence-electron chi connectivity index (χ2n) is 4.20. The summed E-state index contributed by atoms with van der Waals surface area (Å²) in [6.45, 7) is 6.13. The molecule has 0 aromatic heterocycles. The van der Waals surface area contributed by atoms with Crippen LogP contribution in [0, 0.1) is 5.41 Å². The number of carbonyl (C=O) groups is 1. The number of nitrogens with one attached hydrogen (secondary N) is 1. The zero-order valence-corrected chi connectivity index (χ0v) is 10.0. The molecule has 0 aromatic rings. The highest BCUT2D eigenvalue weighted by Gasteiger charge is 2.25. The van der Waals surface area contributed by atoms with E-state index >= 15 is 0 Å². The van der Waals surface area contributed by atoms with Crippen LogP contribution in [-0.4, -0.2) is 22.6 Å². The predicted molar refractivity (Wildman–Crippen MR) is 57.4 cm³/mol. The lowest BCUT2D eigenvalue weighted by Crippen LogP contribution is -2.43. The molecule has 1 amide bonds. The van der Waals surface area contributed by atoms with Crippen molar-refractivity contribution in [3.8, 4) is 0 Å². The Labute approximate surface area is 88.0 Å². The predicted octanol–water partition coefficient (Wildman–Crippen LogP) is 2.84. The minimum absolute atomic E-state index is 0.0133. The summed E-state index contributed by atoms with van der Waals surface area (Å²) < 4.78 is 0. The third-order valence-corrected chi connectivity index (χ3v) is 2.53. The smallest absolute Gasteiger partial charge is 0.404 e. The lowest BCUT2D eigenvalue weighted by atomic mass is 9.84. The number of carboxylic acid groups (broad SMARTS) is 1. The molecule has 1 unspecified atom stereocenters. The number of hydrogen-bond acceptors (Lipinski definition) is 1. The molecule has 0 heterocycles. The standard InChI is InChI=1S/C9H18BrNO2/c1-9(2,3)7(5-4-6-10)11-8(12)13/h7,11H,4-6H2,1-3H3,(H,12,13). The van der Waals surface area contributed by atoms with Crippen molar-refractivity contribution in [1.82, 2.24) is 5.32 Å². The zero-order valence-electron chi connectivity index (χ0n) is 8.43. The largest absolute Gasteiger partial charge is 0.465 e. The van der Waals surface area contributed by atoms with Crippen LogP contribution in [0.15, 0.2) is 0 Å². The highest BCUT2D eigenvalue weighted by molar-refractivity contribution is 9.09. The normalized spacial score (nSPS) is 13.8. The molecule has 2 N–H and O–H groups in total. The summed E-state index contributed by atoms with van der Waals surface area (Å²) in [5.74, 6) is 0. The maximum atomic E-state index is 10.5.